The topological polar surface area (TPSA) is 32.3 Å². The van der Waals surface area contributed by atoms with E-state index in [1.54, 1.807) is 0 Å². The summed E-state index contributed by atoms with van der Waals surface area (Å²) in [4.78, 5) is 0. The Bertz CT molecular complexity index is 301. The van der Waals surface area contributed by atoms with E-state index in [-0.39, 0.29) is 6.61 Å². The summed E-state index contributed by atoms with van der Waals surface area (Å²) in [5, 5.41) is 12.0. The van der Waals surface area contributed by atoms with Crippen molar-refractivity contribution in [2.45, 2.75) is 13.2 Å². The van der Waals surface area contributed by atoms with Crippen LogP contribution in [0.3, 0.4) is 0 Å². The molecule has 2 heteroatoms. The van der Waals surface area contributed by atoms with E-state index in [0.717, 1.165) is 17.7 Å². The molecule has 0 aromatic heterocycles. The molecule has 1 rings (SSSR count). The maximum absolute atomic E-state index is 8.88. The normalized spacial score (nSPS) is 9.54. The highest BCUT2D eigenvalue weighted by atomic mass is 16.3. The van der Waals surface area contributed by atoms with E-state index in [1.807, 2.05) is 24.3 Å². The summed E-state index contributed by atoms with van der Waals surface area (Å²) in [6, 6.07) is 7.79. The van der Waals surface area contributed by atoms with Gasteiger partial charge in [0.05, 0.1) is 13.2 Å². The lowest BCUT2D eigenvalue weighted by Gasteiger charge is -2.02. The molecule has 1 aromatic carbocycles. The van der Waals surface area contributed by atoms with Gasteiger partial charge < -0.3 is 10.4 Å². The molecule has 0 fully saturated rings. The molecule has 13 heavy (non-hydrogen) atoms. The van der Waals surface area contributed by atoms with Crippen molar-refractivity contribution in [1.82, 2.24) is 5.32 Å². The van der Waals surface area contributed by atoms with Gasteiger partial charge in [0.25, 0.3) is 0 Å². The zero-order valence-corrected chi connectivity index (χ0v) is 7.46. The smallest absolute Gasteiger partial charge is 0.0681 e. The van der Waals surface area contributed by atoms with Crippen LogP contribution in [0.25, 0.3) is 0 Å². The van der Waals surface area contributed by atoms with Gasteiger partial charge in [0.2, 0.25) is 0 Å². The number of aliphatic hydroxyl groups excluding tert-OH is 1. The van der Waals surface area contributed by atoms with Crippen LogP contribution >= 0.6 is 0 Å². The third-order valence-corrected chi connectivity index (χ3v) is 1.73. The van der Waals surface area contributed by atoms with Crippen molar-refractivity contribution < 1.29 is 5.11 Å². The molecule has 68 valence electrons. The molecule has 0 bridgehead atoms. The quantitative estimate of drug-likeness (QED) is 0.526. The first-order chi connectivity index (χ1) is 6.36. The number of hydrogen-bond donors (Lipinski definition) is 2. The van der Waals surface area contributed by atoms with Crippen molar-refractivity contribution in [2.24, 2.45) is 0 Å². The van der Waals surface area contributed by atoms with Gasteiger partial charge in [-0.15, -0.1) is 6.42 Å². The van der Waals surface area contributed by atoms with Gasteiger partial charge in [-0.05, 0) is 11.1 Å². The van der Waals surface area contributed by atoms with Crippen molar-refractivity contribution in [1.29, 1.82) is 0 Å². The average molecular weight is 175 g/mol. The summed E-state index contributed by atoms with van der Waals surface area (Å²) in [7, 11) is 0. The monoisotopic (exact) mass is 175 g/mol. The Morgan fingerprint density at radius 3 is 2.85 bits per heavy atom. The maximum atomic E-state index is 8.88. The molecule has 0 spiro atoms. The predicted octanol–water partition coefficient (Wildman–Crippen LogP) is 0.902. The lowest BCUT2D eigenvalue weighted by Crippen LogP contribution is -2.12. The first kappa shape index (κ1) is 9.79. The fourth-order valence-corrected chi connectivity index (χ4v) is 1.12. The molecule has 0 heterocycles. The highest BCUT2D eigenvalue weighted by molar-refractivity contribution is 5.22. The Morgan fingerprint density at radius 2 is 2.15 bits per heavy atom. The van der Waals surface area contributed by atoms with Crippen LogP contribution in [0.1, 0.15) is 11.1 Å². The number of aliphatic hydroxyl groups is 1. The van der Waals surface area contributed by atoms with Crippen molar-refractivity contribution >= 4 is 0 Å². The molecule has 0 unspecified atom stereocenters. The zero-order valence-electron chi connectivity index (χ0n) is 7.46. The molecule has 0 atom stereocenters. The van der Waals surface area contributed by atoms with Crippen LogP contribution in [0.5, 0.6) is 0 Å². The number of nitrogens with one attached hydrogen (secondary N) is 1. The van der Waals surface area contributed by atoms with E-state index < -0.39 is 0 Å². The van der Waals surface area contributed by atoms with Gasteiger partial charge in [0.15, 0.2) is 0 Å². The zero-order chi connectivity index (χ0) is 9.52. The minimum Gasteiger partial charge on any atom is -0.392 e. The first-order valence-electron chi connectivity index (χ1n) is 4.19. The van der Waals surface area contributed by atoms with Crippen LogP contribution in [-0.2, 0) is 13.2 Å². The lowest BCUT2D eigenvalue weighted by atomic mass is 10.1. The van der Waals surface area contributed by atoms with Gasteiger partial charge in [0.1, 0.15) is 0 Å². The number of benzene rings is 1. The van der Waals surface area contributed by atoms with E-state index in [1.165, 1.54) is 0 Å². The van der Waals surface area contributed by atoms with Crippen LogP contribution in [0, 0.1) is 12.3 Å². The second-order valence-electron chi connectivity index (χ2n) is 2.79. The van der Waals surface area contributed by atoms with E-state index in [0.29, 0.717) is 6.54 Å². The Labute approximate surface area is 78.6 Å². The third kappa shape index (κ3) is 3.29. The Kier molecular flexibility index (Phi) is 4.04. The fraction of sp³-hybridized carbons (Fsp3) is 0.273. The van der Waals surface area contributed by atoms with Gasteiger partial charge in [-0.2, -0.15) is 0 Å². The Morgan fingerprint density at radius 1 is 1.38 bits per heavy atom. The Hall–Kier alpha value is -1.30. The molecule has 0 aliphatic carbocycles. The SMILES string of the molecule is C#CCNCc1cccc(CO)c1. The third-order valence-electron chi connectivity index (χ3n) is 1.73. The maximum Gasteiger partial charge on any atom is 0.0681 e. The van der Waals surface area contributed by atoms with Gasteiger partial charge in [-0.1, -0.05) is 30.2 Å². The molecule has 0 amide bonds. The number of hydrogen-bond acceptors (Lipinski definition) is 2. The standard InChI is InChI=1S/C11H13NO/c1-2-6-12-8-10-4-3-5-11(7-10)9-13/h1,3-5,7,12-13H,6,8-9H2. The van der Waals surface area contributed by atoms with Crippen molar-refractivity contribution in [2.75, 3.05) is 6.54 Å². The van der Waals surface area contributed by atoms with E-state index in [4.69, 9.17) is 11.5 Å². The van der Waals surface area contributed by atoms with Crippen LogP contribution in [-0.4, -0.2) is 11.7 Å². The summed E-state index contributed by atoms with van der Waals surface area (Å²) in [5.41, 5.74) is 2.07. The summed E-state index contributed by atoms with van der Waals surface area (Å²) < 4.78 is 0. The first-order valence-corrected chi connectivity index (χ1v) is 4.19. The molecular weight excluding hydrogens is 162 g/mol. The second-order valence-corrected chi connectivity index (χ2v) is 2.79. The van der Waals surface area contributed by atoms with E-state index >= 15 is 0 Å². The molecule has 0 saturated carbocycles. The second kappa shape index (κ2) is 5.36. The predicted molar refractivity (Wildman–Crippen MR) is 52.9 cm³/mol. The molecular formula is C11H13NO. The molecule has 2 nitrogen and oxygen atoms in total. The highest BCUT2D eigenvalue weighted by Crippen LogP contribution is 2.04. The number of terminal acetylenes is 1. The summed E-state index contributed by atoms with van der Waals surface area (Å²) >= 11 is 0. The molecule has 0 saturated heterocycles. The van der Waals surface area contributed by atoms with Gasteiger partial charge >= 0.3 is 0 Å². The minimum atomic E-state index is 0.0863. The van der Waals surface area contributed by atoms with Crippen molar-refractivity contribution in [3.63, 3.8) is 0 Å². The van der Waals surface area contributed by atoms with Gasteiger partial charge in [-0.3, -0.25) is 0 Å². The number of rotatable bonds is 4. The summed E-state index contributed by atoms with van der Waals surface area (Å²) in [6.45, 7) is 1.41. The summed E-state index contributed by atoms with van der Waals surface area (Å²) in [5.74, 6) is 2.51. The van der Waals surface area contributed by atoms with Crippen molar-refractivity contribution in [3.8, 4) is 12.3 Å². The van der Waals surface area contributed by atoms with Crippen LogP contribution in [0.15, 0.2) is 24.3 Å². The Balaban J connectivity index is 2.52. The van der Waals surface area contributed by atoms with Crippen LogP contribution in [0.4, 0.5) is 0 Å². The minimum absolute atomic E-state index is 0.0863. The lowest BCUT2D eigenvalue weighted by molar-refractivity contribution is 0.281. The largest absolute Gasteiger partial charge is 0.392 e. The van der Waals surface area contributed by atoms with E-state index in [2.05, 4.69) is 11.2 Å². The molecule has 2 N–H and O–H groups in total. The highest BCUT2D eigenvalue weighted by Gasteiger charge is 1.93. The fourth-order valence-electron chi connectivity index (χ4n) is 1.12. The van der Waals surface area contributed by atoms with Crippen LogP contribution < -0.4 is 5.32 Å². The summed E-state index contributed by atoms with van der Waals surface area (Å²) in [6.07, 6.45) is 5.10. The van der Waals surface area contributed by atoms with Gasteiger partial charge in [0, 0.05) is 6.54 Å². The molecule has 0 aliphatic rings. The van der Waals surface area contributed by atoms with Crippen molar-refractivity contribution in [3.05, 3.63) is 35.4 Å². The molecule has 1 aromatic rings. The molecule has 0 radical (unpaired) electrons. The van der Waals surface area contributed by atoms with Gasteiger partial charge in [-0.25, -0.2) is 0 Å². The average Bonchev–Trinajstić information content (AvgIpc) is 2.19. The van der Waals surface area contributed by atoms with E-state index in [9.17, 15) is 0 Å². The van der Waals surface area contributed by atoms with Crippen LogP contribution in [0.2, 0.25) is 0 Å². The molecule has 0 aliphatic heterocycles.